The first-order valence-electron chi connectivity index (χ1n) is 7.45. The van der Waals surface area contributed by atoms with Gasteiger partial charge in [-0.15, -0.1) is 10.2 Å². The molecule has 7 heteroatoms. The Balaban J connectivity index is 1.90. The summed E-state index contributed by atoms with van der Waals surface area (Å²) >= 11 is 0. The molecule has 2 heterocycles. The van der Waals surface area contributed by atoms with E-state index in [0.29, 0.717) is 16.9 Å². The normalized spacial score (nSPS) is 11.0. The molecule has 0 aliphatic rings. The van der Waals surface area contributed by atoms with Crippen molar-refractivity contribution in [2.45, 2.75) is 19.8 Å². The number of pyridine rings is 1. The molecule has 0 spiro atoms. The number of carbonyl (C=O) groups is 2. The molecule has 0 aliphatic heterocycles. The van der Waals surface area contributed by atoms with Crippen molar-refractivity contribution in [3.63, 3.8) is 0 Å². The number of carboxylic acid groups (broad SMARTS) is 1. The van der Waals surface area contributed by atoms with E-state index in [-0.39, 0.29) is 17.4 Å². The number of rotatable bonds is 4. The first-order chi connectivity index (χ1) is 11.5. The lowest BCUT2D eigenvalue weighted by Gasteiger charge is -2.08. The fourth-order valence-corrected chi connectivity index (χ4v) is 2.37. The van der Waals surface area contributed by atoms with Crippen LogP contribution in [0, 0.1) is 0 Å². The van der Waals surface area contributed by atoms with Gasteiger partial charge in [0.1, 0.15) is 5.82 Å². The summed E-state index contributed by atoms with van der Waals surface area (Å²) in [5.74, 6) is -0.431. The topological polar surface area (TPSA) is 96.6 Å². The van der Waals surface area contributed by atoms with Gasteiger partial charge in [-0.25, -0.2) is 4.79 Å². The molecule has 0 atom stereocenters. The SMILES string of the molecule is CC(C)c1nnc2ccc(C(=O)Nc3cccc(C(=O)O)c3)cn12. The summed E-state index contributed by atoms with van der Waals surface area (Å²) in [7, 11) is 0. The lowest BCUT2D eigenvalue weighted by molar-refractivity contribution is 0.0696. The Hall–Kier alpha value is -3.22. The van der Waals surface area contributed by atoms with E-state index < -0.39 is 5.97 Å². The van der Waals surface area contributed by atoms with E-state index in [0.717, 1.165) is 5.82 Å². The highest BCUT2D eigenvalue weighted by Crippen LogP contribution is 2.16. The Bertz CT molecular complexity index is 930. The van der Waals surface area contributed by atoms with Crippen LogP contribution in [0.25, 0.3) is 5.65 Å². The second-order valence-corrected chi connectivity index (χ2v) is 5.70. The smallest absolute Gasteiger partial charge is 0.335 e. The van der Waals surface area contributed by atoms with Gasteiger partial charge in [0.15, 0.2) is 5.65 Å². The van der Waals surface area contributed by atoms with Crippen LogP contribution < -0.4 is 5.32 Å². The Morgan fingerprint density at radius 2 is 1.92 bits per heavy atom. The molecule has 3 rings (SSSR count). The number of nitrogens with zero attached hydrogens (tertiary/aromatic N) is 3. The highest BCUT2D eigenvalue weighted by Gasteiger charge is 2.13. The maximum absolute atomic E-state index is 12.4. The molecule has 0 radical (unpaired) electrons. The van der Waals surface area contributed by atoms with Crippen LogP contribution in [0.4, 0.5) is 5.69 Å². The average molecular weight is 324 g/mol. The van der Waals surface area contributed by atoms with Gasteiger partial charge in [0.25, 0.3) is 5.91 Å². The molecule has 2 N–H and O–H groups in total. The van der Waals surface area contributed by atoms with Gasteiger partial charge in [0, 0.05) is 17.8 Å². The zero-order valence-electron chi connectivity index (χ0n) is 13.2. The van der Waals surface area contributed by atoms with E-state index >= 15 is 0 Å². The van der Waals surface area contributed by atoms with Crippen molar-refractivity contribution in [2.24, 2.45) is 0 Å². The molecular weight excluding hydrogens is 308 g/mol. The third kappa shape index (κ3) is 2.96. The number of aromatic carboxylic acids is 1. The Morgan fingerprint density at radius 3 is 2.62 bits per heavy atom. The number of carbonyl (C=O) groups excluding carboxylic acids is 1. The minimum Gasteiger partial charge on any atom is -0.478 e. The van der Waals surface area contributed by atoms with Gasteiger partial charge in [-0.3, -0.25) is 9.20 Å². The third-order valence-corrected chi connectivity index (χ3v) is 3.57. The molecule has 0 aliphatic carbocycles. The summed E-state index contributed by atoms with van der Waals surface area (Å²) in [5.41, 5.74) is 1.64. The molecule has 0 unspecified atom stereocenters. The van der Waals surface area contributed by atoms with Crippen molar-refractivity contribution in [1.82, 2.24) is 14.6 Å². The summed E-state index contributed by atoms with van der Waals surface area (Å²) in [6.07, 6.45) is 1.68. The zero-order valence-corrected chi connectivity index (χ0v) is 13.2. The predicted octanol–water partition coefficient (Wildman–Crippen LogP) is 2.80. The molecule has 122 valence electrons. The molecular formula is C17H16N4O3. The van der Waals surface area contributed by atoms with E-state index in [4.69, 9.17) is 5.11 Å². The summed E-state index contributed by atoms with van der Waals surface area (Å²) in [4.78, 5) is 23.4. The Kier molecular flexibility index (Phi) is 3.99. The number of hydrogen-bond acceptors (Lipinski definition) is 4. The number of carboxylic acids is 1. The van der Waals surface area contributed by atoms with Crippen LogP contribution in [0.1, 0.15) is 46.3 Å². The number of nitrogens with one attached hydrogen (secondary N) is 1. The highest BCUT2D eigenvalue weighted by molar-refractivity contribution is 6.04. The van der Waals surface area contributed by atoms with Crippen LogP contribution in [-0.4, -0.2) is 31.6 Å². The standard InChI is InChI=1S/C17H16N4O3/c1-10(2)15-20-19-14-7-6-12(9-21(14)15)16(22)18-13-5-3-4-11(8-13)17(23)24/h3-10H,1-2H3,(H,18,22)(H,23,24). The van der Waals surface area contributed by atoms with Gasteiger partial charge in [-0.2, -0.15) is 0 Å². The number of anilines is 1. The van der Waals surface area contributed by atoms with Crippen LogP contribution in [0.2, 0.25) is 0 Å². The quantitative estimate of drug-likeness (QED) is 0.769. The number of fused-ring (bicyclic) bond motifs is 1. The van der Waals surface area contributed by atoms with Crippen LogP contribution >= 0.6 is 0 Å². The summed E-state index contributed by atoms with van der Waals surface area (Å²) < 4.78 is 1.78. The van der Waals surface area contributed by atoms with Crippen LogP contribution in [0.3, 0.4) is 0 Å². The monoisotopic (exact) mass is 324 g/mol. The molecule has 3 aromatic rings. The number of aromatic nitrogens is 3. The fourth-order valence-electron chi connectivity index (χ4n) is 2.37. The van der Waals surface area contributed by atoms with Crippen molar-refractivity contribution in [1.29, 1.82) is 0 Å². The Morgan fingerprint density at radius 1 is 1.12 bits per heavy atom. The van der Waals surface area contributed by atoms with E-state index in [9.17, 15) is 9.59 Å². The van der Waals surface area contributed by atoms with E-state index in [1.807, 2.05) is 13.8 Å². The number of benzene rings is 1. The lowest BCUT2D eigenvalue weighted by Crippen LogP contribution is -2.13. The molecule has 0 fully saturated rings. The average Bonchev–Trinajstić information content (AvgIpc) is 2.98. The molecule has 1 amide bonds. The maximum atomic E-state index is 12.4. The molecule has 2 aromatic heterocycles. The largest absolute Gasteiger partial charge is 0.478 e. The zero-order chi connectivity index (χ0) is 17.3. The van der Waals surface area contributed by atoms with Gasteiger partial charge in [-0.05, 0) is 30.3 Å². The van der Waals surface area contributed by atoms with Crippen LogP contribution in [0.15, 0.2) is 42.6 Å². The summed E-state index contributed by atoms with van der Waals surface area (Å²) in [6.45, 7) is 4.00. The van der Waals surface area contributed by atoms with Crippen molar-refractivity contribution < 1.29 is 14.7 Å². The molecule has 0 bridgehead atoms. The van der Waals surface area contributed by atoms with Gasteiger partial charge in [-0.1, -0.05) is 19.9 Å². The molecule has 0 saturated heterocycles. The van der Waals surface area contributed by atoms with Crippen LogP contribution in [0.5, 0.6) is 0 Å². The van der Waals surface area contributed by atoms with Crippen molar-refractivity contribution >= 4 is 23.2 Å². The maximum Gasteiger partial charge on any atom is 0.335 e. The first-order valence-corrected chi connectivity index (χ1v) is 7.45. The minimum absolute atomic E-state index is 0.115. The minimum atomic E-state index is -1.04. The molecule has 0 saturated carbocycles. The Labute approximate surface area is 138 Å². The predicted molar refractivity (Wildman–Crippen MR) is 88.4 cm³/mol. The van der Waals surface area contributed by atoms with Gasteiger partial charge in [0.2, 0.25) is 0 Å². The van der Waals surface area contributed by atoms with E-state index in [1.54, 1.807) is 34.9 Å². The van der Waals surface area contributed by atoms with Crippen LogP contribution in [-0.2, 0) is 0 Å². The van der Waals surface area contributed by atoms with Crippen molar-refractivity contribution in [2.75, 3.05) is 5.32 Å². The number of amides is 1. The van der Waals surface area contributed by atoms with Crippen molar-refractivity contribution in [3.05, 3.63) is 59.5 Å². The lowest BCUT2D eigenvalue weighted by atomic mass is 10.2. The van der Waals surface area contributed by atoms with Gasteiger partial charge >= 0.3 is 5.97 Å². The summed E-state index contributed by atoms with van der Waals surface area (Å²) in [6, 6.07) is 9.49. The molecule has 24 heavy (non-hydrogen) atoms. The second kappa shape index (κ2) is 6.11. The second-order valence-electron chi connectivity index (χ2n) is 5.70. The number of hydrogen-bond donors (Lipinski definition) is 2. The highest BCUT2D eigenvalue weighted by atomic mass is 16.4. The fraction of sp³-hybridized carbons (Fsp3) is 0.176. The van der Waals surface area contributed by atoms with Crippen molar-refractivity contribution in [3.8, 4) is 0 Å². The van der Waals surface area contributed by atoms with Gasteiger partial charge < -0.3 is 10.4 Å². The third-order valence-electron chi connectivity index (χ3n) is 3.57. The molecule has 1 aromatic carbocycles. The molecule has 7 nitrogen and oxygen atoms in total. The van der Waals surface area contributed by atoms with E-state index in [1.165, 1.54) is 12.1 Å². The van der Waals surface area contributed by atoms with Gasteiger partial charge in [0.05, 0.1) is 11.1 Å². The van der Waals surface area contributed by atoms with E-state index in [2.05, 4.69) is 15.5 Å². The summed E-state index contributed by atoms with van der Waals surface area (Å²) in [5, 5.41) is 19.9. The first kappa shape index (κ1) is 15.7.